The summed E-state index contributed by atoms with van der Waals surface area (Å²) in [6.45, 7) is 0. The van der Waals surface area contributed by atoms with Crippen molar-refractivity contribution in [3.8, 4) is 33.8 Å². The molecule has 0 aromatic heterocycles. The van der Waals surface area contributed by atoms with E-state index in [0.29, 0.717) is 0 Å². The summed E-state index contributed by atoms with van der Waals surface area (Å²) in [5.74, 6) is 1.75. The number of rotatable bonds is 6. The number of hydrogen-bond donors (Lipinski definition) is 1. The SMILES string of the molecule is c1ccc(C2N=c3ccccc3=C(c3cccc(-c4ccc(-c5ccc6c(c5)Oc5ccccc5C6(c5ccccc5)c5ccccc5)cc4)c3)N2)cc1. The lowest BCUT2D eigenvalue weighted by Crippen LogP contribution is -2.39. The predicted octanol–water partition coefficient (Wildman–Crippen LogP) is 10.6. The first-order valence-corrected chi connectivity index (χ1v) is 18.5. The van der Waals surface area contributed by atoms with Gasteiger partial charge >= 0.3 is 0 Å². The van der Waals surface area contributed by atoms with Crippen molar-refractivity contribution >= 4 is 5.70 Å². The molecule has 8 aromatic rings. The van der Waals surface area contributed by atoms with Crippen molar-refractivity contribution in [1.29, 1.82) is 0 Å². The second-order valence-corrected chi connectivity index (χ2v) is 13.9. The van der Waals surface area contributed by atoms with Crippen LogP contribution in [-0.2, 0) is 5.41 Å². The van der Waals surface area contributed by atoms with Crippen LogP contribution < -0.4 is 20.6 Å². The molecule has 2 aliphatic heterocycles. The standard InChI is InChI=1S/C51H36N2O/c1-4-15-37(16-5-1)50-52-46-25-12-10-23-43(46)49(53-50)40-18-14-17-38(33-40)35-27-29-36(30-28-35)39-31-32-45-48(34-39)54-47-26-13-11-24-44(47)51(45,41-19-6-2-7-20-41)42-21-8-3-9-22-42/h1-34,50,53H. The van der Waals surface area contributed by atoms with Crippen molar-refractivity contribution < 1.29 is 4.74 Å². The van der Waals surface area contributed by atoms with Gasteiger partial charge in [0.2, 0.25) is 0 Å². The maximum atomic E-state index is 6.75. The van der Waals surface area contributed by atoms with Crippen LogP contribution in [0.1, 0.15) is 39.5 Å². The van der Waals surface area contributed by atoms with Crippen LogP contribution in [0.15, 0.2) is 211 Å². The first-order chi connectivity index (χ1) is 26.8. The molecule has 2 aliphatic rings. The summed E-state index contributed by atoms with van der Waals surface area (Å²) in [7, 11) is 0. The van der Waals surface area contributed by atoms with Gasteiger partial charge in [-0.1, -0.05) is 182 Å². The Morgan fingerprint density at radius 3 is 1.70 bits per heavy atom. The van der Waals surface area contributed by atoms with Crippen molar-refractivity contribution in [1.82, 2.24) is 5.32 Å². The Balaban J connectivity index is 1.02. The molecule has 0 aliphatic carbocycles. The van der Waals surface area contributed by atoms with E-state index in [0.717, 1.165) is 72.3 Å². The molecule has 1 N–H and O–H groups in total. The van der Waals surface area contributed by atoms with Gasteiger partial charge in [0.15, 0.2) is 0 Å². The molecule has 1 atom stereocenters. The number of benzene rings is 8. The molecule has 3 heteroatoms. The molecule has 3 nitrogen and oxygen atoms in total. The molecule has 10 rings (SSSR count). The highest BCUT2D eigenvalue weighted by Crippen LogP contribution is 2.55. The van der Waals surface area contributed by atoms with Crippen LogP contribution in [0.25, 0.3) is 28.0 Å². The first kappa shape index (κ1) is 31.7. The molecule has 54 heavy (non-hydrogen) atoms. The second kappa shape index (κ2) is 13.2. The van der Waals surface area contributed by atoms with Gasteiger partial charge in [0.1, 0.15) is 17.7 Å². The van der Waals surface area contributed by atoms with Gasteiger partial charge in [-0.15, -0.1) is 0 Å². The number of hydrogen-bond acceptors (Lipinski definition) is 3. The summed E-state index contributed by atoms with van der Waals surface area (Å²) in [6.07, 6.45) is -0.154. The quantitative estimate of drug-likeness (QED) is 0.188. The molecular weight excluding hydrogens is 657 g/mol. The van der Waals surface area contributed by atoms with E-state index in [4.69, 9.17) is 9.73 Å². The molecule has 0 spiro atoms. The summed E-state index contributed by atoms with van der Waals surface area (Å²) >= 11 is 0. The minimum absolute atomic E-state index is 0.154. The van der Waals surface area contributed by atoms with E-state index < -0.39 is 5.41 Å². The van der Waals surface area contributed by atoms with Crippen molar-refractivity contribution in [3.05, 3.63) is 250 Å². The number of ether oxygens (including phenoxy) is 1. The van der Waals surface area contributed by atoms with Crippen LogP contribution in [0.3, 0.4) is 0 Å². The monoisotopic (exact) mass is 692 g/mol. The van der Waals surface area contributed by atoms with Crippen LogP contribution in [0.5, 0.6) is 11.5 Å². The maximum absolute atomic E-state index is 6.75. The third-order valence-electron chi connectivity index (χ3n) is 10.9. The van der Waals surface area contributed by atoms with Gasteiger partial charge in [-0.05, 0) is 68.8 Å². The highest BCUT2D eigenvalue weighted by Gasteiger charge is 2.45. The van der Waals surface area contributed by atoms with Crippen molar-refractivity contribution in [3.63, 3.8) is 0 Å². The summed E-state index contributed by atoms with van der Waals surface area (Å²) < 4.78 is 6.75. The highest BCUT2D eigenvalue weighted by molar-refractivity contribution is 5.77. The Labute approximate surface area is 315 Å². The third kappa shape index (κ3) is 5.33. The molecule has 0 saturated carbocycles. The van der Waals surface area contributed by atoms with Crippen LogP contribution in [0, 0.1) is 0 Å². The number of nitrogens with one attached hydrogen (secondary N) is 1. The average molecular weight is 693 g/mol. The van der Waals surface area contributed by atoms with E-state index in [1.165, 1.54) is 11.1 Å². The molecule has 0 bridgehead atoms. The number of nitrogens with zero attached hydrogens (tertiary/aromatic N) is 1. The van der Waals surface area contributed by atoms with Gasteiger partial charge in [-0.3, -0.25) is 4.99 Å². The Bertz CT molecular complexity index is 2720. The molecular formula is C51H36N2O. The minimum atomic E-state index is -0.527. The molecule has 0 radical (unpaired) electrons. The van der Waals surface area contributed by atoms with E-state index in [9.17, 15) is 0 Å². The van der Waals surface area contributed by atoms with Gasteiger partial charge in [-0.2, -0.15) is 0 Å². The zero-order chi connectivity index (χ0) is 35.9. The molecule has 2 heterocycles. The Kier molecular flexibility index (Phi) is 7.77. The van der Waals surface area contributed by atoms with Gasteiger partial charge in [0.25, 0.3) is 0 Å². The zero-order valence-electron chi connectivity index (χ0n) is 29.6. The summed E-state index contributed by atoms with van der Waals surface area (Å²) in [4.78, 5) is 5.05. The molecule has 256 valence electrons. The number of para-hydroxylation sites is 2. The number of fused-ring (bicyclic) bond motifs is 3. The first-order valence-electron chi connectivity index (χ1n) is 18.5. The topological polar surface area (TPSA) is 33.6 Å². The maximum Gasteiger partial charge on any atom is 0.145 e. The lowest BCUT2D eigenvalue weighted by molar-refractivity contribution is 0.435. The largest absolute Gasteiger partial charge is 0.457 e. The lowest BCUT2D eigenvalue weighted by atomic mass is 9.63. The smallest absolute Gasteiger partial charge is 0.145 e. The Morgan fingerprint density at radius 1 is 0.426 bits per heavy atom. The van der Waals surface area contributed by atoms with Crippen molar-refractivity contribution in [2.24, 2.45) is 4.99 Å². The molecule has 8 aromatic carbocycles. The van der Waals surface area contributed by atoms with E-state index in [2.05, 4.69) is 206 Å². The fourth-order valence-electron chi connectivity index (χ4n) is 8.31. The highest BCUT2D eigenvalue weighted by atomic mass is 16.5. The molecule has 0 amide bonds. The zero-order valence-corrected chi connectivity index (χ0v) is 29.6. The van der Waals surface area contributed by atoms with E-state index in [1.807, 2.05) is 6.07 Å². The Morgan fingerprint density at radius 2 is 0.981 bits per heavy atom. The fraction of sp³-hybridized carbons (Fsp3) is 0.0392. The van der Waals surface area contributed by atoms with Gasteiger partial charge in [-0.25, -0.2) is 0 Å². The van der Waals surface area contributed by atoms with Crippen LogP contribution in [0.4, 0.5) is 0 Å². The summed E-state index contributed by atoms with van der Waals surface area (Å²) in [5.41, 5.74) is 12.1. The summed E-state index contributed by atoms with van der Waals surface area (Å²) in [5, 5.41) is 5.85. The molecule has 1 unspecified atom stereocenters. The van der Waals surface area contributed by atoms with Crippen LogP contribution in [0.2, 0.25) is 0 Å². The lowest BCUT2D eigenvalue weighted by Gasteiger charge is -2.41. The normalized spacial score (nSPS) is 15.0. The molecule has 0 fully saturated rings. The van der Waals surface area contributed by atoms with Crippen molar-refractivity contribution in [2.75, 3.05) is 0 Å². The summed E-state index contributed by atoms with van der Waals surface area (Å²) in [6, 6.07) is 73.3. The van der Waals surface area contributed by atoms with Gasteiger partial charge in [0, 0.05) is 16.3 Å². The average Bonchev–Trinajstić information content (AvgIpc) is 3.26. The molecule has 0 saturated heterocycles. The van der Waals surface area contributed by atoms with Gasteiger partial charge in [0.05, 0.1) is 16.5 Å². The third-order valence-corrected chi connectivity index (χ3v) is 10.9. The van der Waals surface area contributed by atoms with Gasteiger partial charge < -0.3 is 10.1 Å². The van der Waals surface area contributed by atoms with E-state index >= 15 is 0 Å². The van der Waals surface area contributed by atoms with Crippen molar-refractivity contribution in [2.45, 2.75) is 11.6 Å². The Hall–Kier alpha value is -6.97. The van der Waals surface area contributed by atoms with E-state index in [1.54, 1.807) is 0 Å². The predicted molar refractivity (Wildman–Crippen MR) is 218 cm³/mol. The minimum Gasteiger partial charge on any atom is -0.457 e. The van der Waals surface area contributed by atoms with Crippen LogP contribution >= 0.6 is 0 Å². The van der Waals surface area contributed by atoms with Crippen LogP contribution in [-0.4, -0.2) is 0 Å². The second-order valence-electron chi connectivity index (χ2n) is 13.9. The van der Waals surface area contributed by atoms with E-state index in [-0.39, 0.29) is 6.17 Å². The fourth-order valence-corrected chi connectivity index (χ4v) is 8.31.